The van der Waals surface area contributed by atoms with Crippen molar-refractivity contribution in [3.05, 3.63) is 11.1 Å². The Bertz CT molecular complexity index is 388. The zero-order chi connectivity index (χ0) is 13.6. The first-order valence-corrected chi connectivity index (χ1v) is 7.23. The molecule has 1 aromatic heterocycles. The van der Waals surface area contributed by atoms with Gasteiger partial charge in [-0.1, -0.05) is 13.3 Å². The minimum atomic E-state index is -0.220. The van der Waals surface area contributed by atoms with Gasteiger partial charge in [0.25, 0.3) is 0 Å². The van der Waals surface area contributed by atoms with Crippen LogP contribution in [-0.2, 0) is 16.0 Å². The van der Waals surface area contributed by atoms with Gasteiger partial charge in [0, 0.05) is 10.9 Å². The molecular weight excluding hydrogens is 248 g/mol. The summed E-state index contributed by atoms with van der Waals surface area (Å²) in [7, 11) is 0. The van der Waals surface area contributed by atoms with Gasteiger partial charge in [-0.2, -0.15) is 0 Å². The molecule has 0 saturated carbocycles. The molecule has 0 atom stereocenters. The predicted molar refractivity (Wildman–Crippen MR) is 75.1 cm³/mol. The molecule has 0 aromatic carbocycles. The monoisotopic (exact) mass is 270 g/mol. The number of hydrogen-bond acceptors (Lipinski definition) is 5. The summed E-state index contributed by atoms with van der Waals surface area (Å²) in [6.45, 7) is 8.69. The van der Waals surface area contributed by atoms with Crippen LogP contribution < -0.4 is 5.32 Å². The van der Waals surface area contributed by atoms with Crippen molar-refractivity contribution in [1.82, 2.24) is 4.98 Å². The molecule has 1 rings (SSSR count). The van der Waals surface area contributed by atoms with Crippen LogP contribution in [0.4, 0.5) is 5.13 Å². The van der Waals surface area contributed by atoms with Gasteiger partial charge in [-0.05, 0) is 27.2 Å². The average molecular weight is 270 g/mol. The number of carbonyl (C=O) groups is 1. The summed E-state index contributed by atoms with van der Waals surface area (Å²) in [6, 6.07) is 0. The standard InChI is InChI=1S/C13H22N2O2S/c1-5-7-13(3,4)15-12-14-10(9-18-12)8-11(16)17-6-2/h9H,5-8H2,1-4H3,(H,14,15). The molecule has 1 heterocycles. The van der Waals surface area contributed by atoms with Gasteiger partial charge in [-0.3, -0.25) is 4.79 Å². The number of thiazole rings is 1. The Morgan fingerprint density at radius 2 is 2.22 bits per heavy atom. The lowest BCUT2D eigenvalue weighted by Crippen LogP contribution is -2.30. The quantitative estimate of drug-likeness (QED) is 0.773. The molecule has 0 saturated heterocycles. The molecule has 0 bridgehead atoms. The van der Waals surface area contributed by atoms with Crippen molar-refractivity contribution in [3.8, 4) is 0 Å². The predicted octanol–water partition coefficient (Wildman–Crippen LogP) is 3.24. The number of carbonyl (C=O) groups excluding carboxylic acids is 1. The van der Waals surface area contributed by atoms with Gasteiger partial charge in [0.15, 0.2) is 5.13 Å². The van der Waals surface area contributed by atoms with Crippen molar-refractivity contribution < 1.29 is 9.53 Å². The maximum absolute atomic E-state index is 11.3. The lowest BCUT2D eigenvalue weighted by Gasteiger charge is -2.25. The minimum absolute atomic E-state index is 0.0355. The van der Waals surface area contributed by atoms with E-state index < -0.39 is 0 Å². The minimum Gasteiger partial charge on any atom is -0.466 e. The summed E-state index contributed by atoms with van der Waals surface area (Å²) in [6.07, 6.45) is 2.46. The number of nitrogens with zero attached hydrogens (tertiary/aromatic N) is 1. The van der Waals surface area contributed by atoms with Gasteiger partial charge in [0.05, 0.1) is 18.7 Å². The van der Waals surface area contributed by atoms with E-state index in [9.17, 15) is 4.79 Å². The maximum Gasteiger partial charge on any atom is 0.311 e. The van der Waals surface area contributed by atoms with Crippen molar-refractivity contribution in [2.45, 2.75) is 52.5 Å². The van der Waals surface area contributed by atoms with E-state index in [4.69, 9.17) is 4.74 Å². The molecule has 0 amide bonds. The van der Waals surface area contributed by atoms with Crippen LogP contribution in [0.15, 0.2) is 5.38 Å². The van der Waals surface area contributed by atoms with E-state index in [-0.39, 0.29) is 17.9 Å². The lowest BCUT2D eigenvalue weighted by molar-refractivity contribution is -0.142. The third kappa shape index (κ3) is 5.04. The molecule has 0 spiro atoms. The van der Waals surface area contributed by atoms with Crippen LogP contribution in [0.1, 0.15) is 46.2 Å². The number of esters is 1. The number of aromatic nitrogens is 1. The summed E-state index contributed by atoms with van der Waals surface area (Å²) < 4.78 is 4.90. The summed E-state index contributed by atoms with van der Waals surface area (Å²) in [5.74, 6) is -0.220. The van der Waals surface area contributed by atoms with Crippen molar-refractivity contribution in [1.29, 1.82) is 0 Å². The second-order valence-electron chi connectivity index (χ2n) is 4.88. The molecule has 0 aliphatic heterocycles. The smallest absolute Gasteiger partial charge is 0.311 e. The van der Waals surface area contributed by atoms with Crippen molar-refractivity contribution in [2.24, 2.45) is 0 Å². The molecule has 1 aromatic rings. The van der Waals surface area contributed by atoms with Gasteiger partial charge < -0.3 is 10.1 Å². The Kier molecular flexibility index (Phi) is 5.59. The first-order valence-electron chi connectivity index (χ1n) is 6.35. The Balaban J connectivity index is 2.55. The SMILES string of the molecule is CCCC(C)(C)Nc1nc(CC(=O)OCC)cs1. The molecule has 5 heteroatoms. The Hall–Kier alpha value is -1.10. The van der Waals surface area contributed by atoms with Crippen molar-refractivity contribution in [2.75, 3.05) is 11.9 Å². The van der Waals surface area contributed by atoms with E-state index in [0.29, 0.717) is 6.61 Å². The number of ether oxygens (including phenoxy) is 1. The first-order chi connectivity index (χ1) is 8.46. The van der Waals surface area contributed by atoms with E-state index in [1.807, 2.05) is 5.38 Å². The van der Waals surface area contributed by atoms with Crippen LogP contribution in [-0.4, -0.2) is 23.1 Å². The zero-order valence-electron chi connectivity index (χ0n) is 11.6. The Labute approximate surface area is 113 Å². The van der Waals surface area contributed by atoms with E-state index in [2.05, 4.69) is 31.1 Å². The van der Waals surface area contributed by atoms with Crippen molar-refractivity contribution in [3.63, 3.8) is 0 Å². The lowest BCUT2D eigenvalue weighted by atomic mass is 10.00. The van der Waals surface area contributed by atoms with Gasteiger partial charge in [-0.15, -0.1) is 11.3 Å². The molecule has 0 aliphatic carbocycles. The van der Waals surface area contributed by atoms with Gasteiger partial charge in [-0.25, -0.2) is 4.98 Å². The highest BCUT2D eigenvalue weighted by Gasteiger charge is 2.18. The first kappa shape index (κ1) is 15.0. The molecular formula is C13H22N2O2S. The van der Waals surface area contributed by atoms with Crippen LogP contribution in [0.2, 0.25) is 0 Å². The van der Waals surface area contributed by atoms with E-state index in [0.717, 1.165) is 23.7 Å². The highest BCUT2D eigenvalue weighted by molar-refractivity contribution is 7.13. The van der Waals surface area contributed by atoms with Crippen LogP contribution in [0.25, 0.3) is 0 Å². The number of hydrogen-bond donors (Lipinski definition) is 1. The second kappa shape index (κ2) is 6.73. The number of anilines is 1. The normalized spacial score (nSPS) is 11.3. The van der Waals surface area contributed by atoms with Gasteiger partial charge in [0.2, 0.25) is 0 Å². The van der Waals surface area contributed by atoms with Crippen molar-refractivity contribution >= 4 is 22.4 Å². The number of nitrogens with one attached hydrogen (secondary N) is 1. The molecule has 0 radical (unpaired) electrons. The largest absolute Gasteiger partial charge is 0.466 e. The summed E-state index contributed by atoms with van der Waals surface area (Å²) >= 11 is 1.53. The highest BCUT2D eigenvalue weighted by Crippen LogP contribution is 2.23. The van der Waals surface area contributed by atoms with Crippen LogP contribution in [0, 0.1) is 0 Å². The fourth-order valence-electron chi connectivity index (χ4n) is 1.78. The molecule has 0 unspecified atom stereocenters. The Morgan fingerprint density at radius 1 is 1.50 bits per heavy atom. The average Bonchev–Trinajstić information content (AvgIpc) is 2.64. The highest BCUT2D eigenvalue weighted by atomic mass is 32.1. The van der Waals surface area contributed by atoms with E-state index in [1.165, 1.54) is 11.3 Å². The van der Waals surface area contributed by atoms with Crippen LogP contribution >= 0.6 is 11.3 Å². The second-order valence-corrected chi connectivity index (χ2v) is 5.74. The molecule has 4 nitrogen and oxygen atoms in total. The van der Waals surface area contributed by atoms with Gasteiger partial charge in [0.1, 0.15) is 0 Å². The fourth-order valence-corrected chi connectivity index (χ4v) is 2.67. The van der Waals surface area contributed by atoms with Gasteiger partial charge >= 0.3 is 5.97 Å². The fraction of sp³-hybridized carbons (Fsp3) is 0.692. The topological polar surface area (TPSA) is 51.2 Å². The third-order valence-corrected chi connectivity index (χ3v) is 3.31. The summed E-state index contributed by atoms with van der Waals surface area (Å²) in [5.41, 5.74) is 0.807. The molecule has 102 valence electrons. The molecule has 1 N–H and O–H groups in total. The Morgan fingerprint density at radius 3 is 2.83 bits per heavy atom. The van der Waals surface area contributed by atoms with Crippen LogP contribution in [0.5, 0.6) is 0 Å². The summed E-state index contributed by atoms with van der Waals surface area (Å²) in [4.78, 5) is 15.7. The molecule has 18 heavy (non-hydrogen) atoms. The third-order valence-electron chi connectivity index (χ3n) is 2.50. The zero-order valence-corrected chi connectivity index (χ0v) is 12.4. The molecule has 0 fully saturated rings. The van der Waals surface area contributed by atoms with E-state index in [1.54, 1.807) is 6.92 Å². The number of rotatable bonds is 7. The van der Waals surface area contributed by atoms with E-state index >= 15 is 0 Å². The summed E-state index contributed by atoms with van der Waals surface area (Å²) in [5, 5.41) is 6.17. The van der Waals surface area contributed by atoms with Crippen LogP contribution in [0.3, 0.4) is 0 Å². The maximum atomic E-state index is 11.3. The molecule has 0 aliphatic rings.